The van der Waals surface area contributed by atoms with E-state index in [2.05, 4.69) is 0 Å². The number of allylic oxidation sites excluding steroid dienone is 1. The van der Waals surface area contributed by atoms with Crippen LogP contribution in [0.4, 0.5) is 5.69 Å². The van der Waals surface area contributed by atoms with E-state index in [0.717, 1.165) is 32.6 Å². The van der Waals surface area contributed by atoms with Gasteiger partial charge in [-0.15, -0.1) is 0 Å². The number of nitro benzene ring substituents is 1. The van der Waals surface area contributed by atoms with E-state index in [1.807, 2.05) is 54.6 Å². The molecule has 0 fully saturated rings. The summed E-state index contributed by atoms with van der Waals surface area (Å²) >= 11 is 0.808. The van der Waals surface area contributed by atoms with E-state index in [0.29, 0.717) is 10.2 Å². The van der Waals surface area contributed by atoms with Gasteiger partial charge in [-0.2, -0.15) is 0 Å². The van der Waals surface area contributed by atoms with Crippen molar-refractivity contribution in [1.29, 1.82) is 0 Å². The number of hydrogen-bond acceptors (Lipinski definition) is 5. The topological polar surface area (TPSA) is 82.2 Å². The summed E-state index contributed by atoms with van der Waals surface area (Å²) in [7, 11) is 0. The molecule has 1 aromatic heterocycles. The monoisotopic (exact) mass is 402 g/mol. The molecule has 7 heteroatoms. The van der Waals surface area contributed by atoms with Gasteiger partial charge in [-0.05, 0) is 34.9 Å². The molecule has 0 aliphatic carbocycles. The molecule has 0 amide bonds. The molecule has 142 valence electrons. The summed E-state index contributed by atoms with van der Waals surface area (Å²) in [5.41, 5.74) is 3.15. The average Bonchev–Trinajstić information content (AvgIpc) is 3.07. The standard InChI is InChI=1S/C22H14N2O4S/c25-21(23-19-11-10-18(24(27)28)14-20(19)29-22(23)26)12-9-15-5-4-8-17(13-15)16-6-2-1-3-7-16/h1-14H. The molecule has 0 radical (unpaired) electrons. The third kappa shape index (κ3) is 3.76. The Bertz CT molecular complexity index is 1320. The van der Waals surface area contributed by atoms with Crippen molar-refractivity contribution in [2.45, 2.75) is 0 Å². The van der Waals surface area contributed by atoms with E-state index < -0.39 is 15.7 Å². The lowest BCUT2D eigenvalue weighted by Gasteiger charge is -2.03. The van der Waals surface area contributed by atoms with Crippen LogP contribution in [0, 0.1) is 10.1 Å². The van der Waals surface area contributed by atoms with Crippen molar-refractivity contribution < 1.29 is 9.72 Å². The first-order valence-electron chi connectivity index (χ1n) is 8.71. The van der Waals surface area contributed by atoms with Crippen LogP contribution >= 0.6 is 11.3 Å². The smallest absolute Gasteiger partial charge is 0.269 e. The van der Waals surface area contributed by atoms with Gasteiger partial charge in [0.15, 0.2) is 0 Å². The highest BCUT2D eigenvalue weighted by Crippen LogP contribution is 2.24. The molecule has 1 heterocycles. The normalized spacial score (nSPS) is 11.2. The lowest BCUT2D eigenvalue weighted by molar-refractivity contribution is -0.384. The van der Waals surface area contributed by atoms with Crippen LogP contribution in [-0.2, 0) is 0 Å². The second-order valence-electron chi connectivity index (χ2n) is 6.28. The van der Waals surface area contributed by atoms with E-state index >= 15 is 0 Å². The van der Waals surface area contributed by atoms with Crippen LogP contribution in [0.15, 0.2) is 83.7 Å². The summed E-state index contributed by atoms with van der Waals surface area (Å²) in [5, 5.41) is 10.9. The Morgan fingerprint density at radius 2 is 1.72 bits per heavy atom. The average molecular weight is 402 g/mol. The number of nitrogens with zero attached hydrogens (tertiary/aromatic N) is 2. The quantitative estimate of drug-likeness (QED) is 0.273. The van der Waals surface area contributed by atoms with Crippen molar-refractivity contribution in [2.75, 3.05) is 0 Å². The maximum atomic E-state index is 12.6. The highest BCUT2D eigenvalue weighted by atomic mass is 32.1. The molecule has 0 aliphatic heterocycles. The summed E-state index contributed by atoms with van der Waals surface area (Å²) in [6.45, 7) is 0. The number of hydrogen-bond donors (Lipinski definition) is 0. The fourth-order valence-electron chi connectivity index (χ4n) is 3.02. The number of carbonyl (C=O) groups is 1. The Morgan fingerprint density at radius 1 is 0.966 bits per heavy atom. The Hall–Kier alpha value is -3.84. The molecule has 0 atom stereocenters. The summed E-state index contributed by atoms with van der Waals surface area (Å²) in [4.78, 5) is 34.8. The maximum absolute atomic E-state index is 12.6. The largest absolute Gasteiger partial charge is 0.315 e. The second kappa shape index (κ2) is 7.65. The van der Waals surface area contributed by atoms with Gasteiger partial charge in [0.05, 0.1) is 15.1 Å². The van der Waals surface area contributed by atoms with E-state index in [9.17, 15) is 19.7 Å². The van der Waals surface area contributed by atoms with Crippen LogP contribution in [0.3, 0.4) is 0 Å². The van der Waals surface area contributed by atoms with Crippen LogP contribution in [0.5, 0.6) is 0 Å². The van der Waals surface area contributed by atoms with Gasteiger partial charge in [0.1, 0.15) is 0 Å². The Kier molecular flexibility index (Phi) is 4.88. The summed E-state index contributed by atoms with van der Waals surface area (Å²) < 4.78 is 1.43. The molecular weight excluding hydrogens is 388 g/mol. The second-order valence-corrected chi connectivity index (χ2v) is 7.27. The number of fused-ring (bicyclic) bond motifs is 1. The molecule has 0 spiro atoms. The fourth-order valence-corrected chi connectivity index (χ4v) is 3.94. The Morgan fingerprint density at radius 3 is 2.48 bits per heavy atom. The fraction of sp³-hybridized carbons (Fsp3) is 0. The minimum Gasteiger partial charge on any atom is -0.269 e. The first-order valence-corrected chi connectivity index (χ1v) is 9.52. The van der Waals surface area contributed by atoms with Crippen LogP contribution in [0.1, 0.15) is 10.4 Å². The number of nitro groups is 1. The van der Waals surface area contributed by atoms with Gasteiger partial charge in [0.25, 0.3) is 11.6 Å². The number of aromatic nitrogens is 1. The molecule has 0 bridgehead atoms. The van der Waals surface area contributed by atoms with Gasteiger partial charge in [-0.1, -0.05) is 59.9 Å². The summed E-state index contributed by atoms with van der Waals surface area (Å²) in [6.07, 6.45) is 2.98. The lowest BCUT2D eigenvalue weighted by atomic mass is 10.0. The zero-order valence-electron chi connectivity index (χ0n) is 15.0. The predicted octanol–water partition coefficient (Wildman–Crippen LogP) is 4.99. The lowest BCUT2D eigenvalue weighted by Crippen LogP contribution is -2.19. The van der Waals surface area contributed by atoms with Gasteiger partial charge in [0, 0.05) is 18.2 Å². The summed E-state index contributed by atoms with van der Waals surface area (Å²) in [6, 6.07) is 21.6. The molecule has 4 rings (SSSR count). The zero-order chi connectivity index (χ0) is 20.4. The molecule has 0 saturated carbocycles. The van der Waals surface area contributed by atoms with Gasteiger partial charge >= 0.3 is 4.87 Å². The molecule has 0 saturated heterocycles. The van der Waals surface area contributed by atoms with E-state index in [4.69, 9.17) is 0 Å². The molecular formula is C22H14N2O4S. The predicted molar refractivity (Wildman–Crippen MR) is 114 cm³/mol. The Balaban J connectivity index is 1.65. The highest BCUT2D eigenvalue weighted by molar-refractivity contribution is 7.16. The van der Waals surface area contributed by atoms with Crippen molar-refractivity contribution in [1.82, 2.24) is 4.57 Å². The van der Waals surface area contributed by atoms with Crippen molar-refractivity contribution in [3.8, 4) is 11.1 Å². The molecule has 29 heavy (non-hydrogen) atoms. The third-order valence-corrected chi connectivity index (χ3v) is 5.31. The van der Waals surface area contributed by atoms with Crippen molar-refractivity contribution in [3.63, 3.8) is 0 Å². The van der Waals surface area contributed by atoms with E-state index in [1.54, 1.807) is 6.08 Å². The van der Waals surface area contributed by atoms with Crippen LogP contribution in [0.25, 0.3) is 27.4 Å². The first kappa shape index (κ1) is 18.5. The van der Waals surface area contributed by atoms with Gasteiger partial charge in [-0.3, -0.25) is 19.7 Å². The van der Waals surface area contributed by atoms with E-state index in [-0.39, 0.29) is 5.69 Å². The van der Waals surface area contributed by atoms with Gasteiger partial charge < -0.3 is 0 Å². The number of carbonyl (C=O) groups excluding carboxylic acids is 1. The van der Waals surface area contributed by atoms with Crippen LogP contribution < -0.4 is 4.87 Å². The number of thiazole rings is 1. The van der Waals surface area contributed by atoms with Gasteiger partial charge in [0.2, 0.25) is 0 Å². The van der Waals surface area contributed by atoms with Crippen molar-refractivity contribution in [2.24, 2.45) is 0 Å². The number of benzene rings is 3. The molecule has 0 unspecified atom stereocenters. The molecule has 4 aromatic rings. The Labute approximate surface area is 169 Å². The third-order valence-electron chi connectivity index (χ3n) is 4.41. The minimum absolute atomic E-state index is 0.119. The van der Waals surface area contributed by atoms with Gasteiger partial charge in [-0.25, -0.2) is 4.57 Å². The molecule has 0 aliphatic rings. The SMILES string of the molecule is O=C(C=Cc1cccc(-c2ccccc2)c1)n1c(=O)sc2cc([N+](=O)[O-])ccc21. The molecule has 6 nitrogen and oxygen atoms in total. The molecule has 3 aromatic carbocycles. The molecule has 0 N–H and O–H groups in total. The van der Waals surface area contributed by atoms with E-state index in [1.165, 1.54) is 24.3 Å². The summed E-state index contributed by atoms with van der Waals surface area (Å²) in [5.74, 6) is -0.500. The highest BCUT2D eigenvalue weighted by Gasteiger charge is 2.15. The number of rotatable bonds is 4. The van der Waals surface area contributed by atoms with Crippen molar-refractivity contribution in [3.05, 3.63) is 104 Å². The number of non-ortho nitro benzene ring substituents is 1. The van der Waals surface area contributed by atoms with Crippen LogP contribution in [0.2, 0.25) is 0 Å². The maximum Gasteiger partial charge on any atom is 0.315 e. The van der Waals surface area contributed by atoms with Crippen LogP contribution in [-0.4, -0.2) is 15.4 Å². The first-order chi connectivity index (χ1) is 14.0. The zero-order valence-corrected chi connectivity index (χ0v) is 15.8. The minimum atomic E-state index is -0.532. The van der Waals surface area contributed by atoms with Crippen molar-refractivity contribution >= 4 is 39.2 Å².